The summed E-state index contributed by atoms with van der Waals surface area (Å²) in [6.07, 6.45) is -3.98. The highest BCUT2D eigenvalue weighted by molar-refractivity contribution is 6.28. The molecule has 0 unspecified atom stereocenters. The molecule has 0 aliphatic carbocycles. The fourth-order valence-corrected chi connectivity index (χ4v) is 1.10. The van der Waals surface area contributed by atoms with Crippen molar-refractivity contribution in [1.82, 2.24) is 9.97 Å². The van der Waals surface area contributed by atoms with E-state index in [-0.39, 0.29) is 23.3 Å². The Morgan fingerprint density at radius 3 is 2.69 bits per heavy atom. The average Bonchev–Trinajstić information content (AvgIpc) is 2.14. The predicted octanol–water partition coefficient (Wildman–Crippen LogP) is 2.02. The maximum absolute atomic E-state index is 11.7. The van der Waals surface area contributed by atoms with Gasteiger partial charge in [-0.3, -0.25) is 4.79 Å². The van der Waals surface area contributed by atoms with Gasteiger partial charge in [0.05, 0.1) is 12.3 Å². The molecule has 0 aliphatic heterocycles. The Hall–Kier alpha value is -1.21. The van der Waals surface area contributed by atoms with Crippen molar-refractivity contribution < 1.29 is 22.7 Å². The van der Waals surface area contributed by atoms with Crippen LogP contribution in [0.15, 0.2) is 6.07 Å². The average molecular weight is 255 g/mol. The Kier molecular flexibility index (Phi) is 4.19. The zero-order valence-corrected chi connectivity index (χ0v) is 8.55. The summed E-state index contributed by atoms with van der Waals surface area (Å²) < 4.78 is 39.6. The number of aromatic nitrogens is 2. The van der Waals surface area contributed by atoms with Crippen molar-refractivity contribution in [2.75, 3.05) is 6.61 Å². The van der Waals surface area contributed by atoms with Gasteiger partial charge in [0.2, 0.25) is 5.28 Å². The number of carbonyl (C=O) groups excluding carboxylic acids is 1. The van der Waals surface area contributed by atoms with Gasteiger partial charge in [-0.05, 0) is 17.7 Å². The summed E-state index contributed by atoms with van der Waals surface area (Å²) in [6, 6.07) is 1.20. The van der Waals surface area contributed by atoms with Crippen LogP contribution in [0, 0.1) is 0 Å². The third kappa shape index (κ3) is 4.54. The Bertz CT molecular complexity index is 384. The van der Waals surface area contributed by atoms with Crippen molar-refractivity contribution in [2.45, 2.75) is 12.8 Å². The Labute approximate surface area is 93.4 Å². The van der Waals surface area contributed by atoms with E-state index in [1.807, 2.05) is 0 Å². The van der Waals surface area contributed by atoms with Gasteiger partial charge in [-0.1, -0.05) is 0 Å². The number of alkyl halides is 3. The second-order valence-corrected chi connectivity index (χ2v) is 3.12. The summed E-state index contributed by atoms with van der Waals surface area (Å²) in [4.78, 5) is 17.5. The van der Waals surface area contributed by atoms with Crippen molar-refractivity contribution in [3.05, 3.63) is 22.7 Å². The molecule has 0 aromatic carbocycles. The van der Waals surface area contributed by atoms with Gasteiger partial charge >= 0.3 is 6.18 Å². The van der Waals surface area contributed by atoms with Crippen molar-refractivity contribution in [2.24, 2.45) is 0 Å². The maximum atomic E-state index is 11.7. The highest BCUT2D eigenvalue weighted by Gasteiger charge is 2.27. The zero-order chi connectivity index (χ0) is 12.2. The lowest BCUT2D eigenvalue weighted by Crippen LogP contribution is -2.17. The van der Waals surface area contributed by atoms with Gasteiger partial charge in [0.25, 0.3) is 0 Å². The summed E-state index contributed by atoms with van der Waals surface area (Å²) in [5, 5.41) is -0.213. The summed E-state index contributed by atoms with van der Waals surface area (Å²) in [6.45, 7) is -1.77. The largest absolute Gasteiger partial charge is 0.411 e. The topological polar surface area (TPSA) is 52.1 Å². The van der Waals surface area contributed by atoms with Crippen molar-refractivity contribution in [1.29, 1.82) is 0 Å². The number of hydrogen-bond acceptors (Lipinski definition) is 4. The first kappa shape index (κ1) is 12.9. The molecule has 0 bridgehead atoms. The van der Waals surface area contributed by atoms with E-state index < -0.39 is 12.8 Å². The van der Waals surface area contributed by atoms with Crippen LogP contribution in [0.3, 0.4) is 0 Å². The van der Waals surface area contributed by atoms with Gasteiger partial charge in [-0.15, -0.1) is 0 Å². The number of nitrogens with zero attached hydrogens (tertiary/aromatic N) is 2. The Morgan fingerprint density at radius 1 is 1.44 bits per heavy atom. The molecule has 88 valence electrons. The fraction of sp³-hybridized carbons (Fsp3) is 0.375. The number of ether oxygens (including phenoxy) is 1. The van der Waals surface area contributed by atoms with E-state index in [9.17, 15) is 18.0 Å². The molecule has 1 rings (SSSR count). The molecule has 0 fully saturated rings. The molecule has 8 heteroatoms. The van der Waals surface area contributed by atoms with E-state index in [4.69, 9.17) is 11.6 Å². The van der Waals surface area contributed by atoms with Crippen LogP contribution in [0.2, 0.25) is 5.28 Å². The number of aldehydes is 1. The molecule has 16 heavy (non-hydrogen) atoms. The summed E-state index contributed by atoms with van der Waals surface area (Å²) in [5.41, 5.74) is 0.108. The first-order valence-electron chi connectivity index (χ1n) is 4.04. The molecular formula is C8H6ClF3N2O2. The van der Waals surface area contributed by atoms with Crippen molar-refractivity contribution in [3.8, 4) is 0 Å². The SMILES string of the molecule is O=Cc1cc(COCC(F)(F)F)nc(Cl)n1. The normalized spacial score (nSPS) is 11.5. The number of carbonyl (C=O) groups is 1. The molecule has 0 aliphatic rings. The highest BCUT2D eigenvalue weighted by Crippen LogP contribution is 2.15. The minimum atomic E-state index is -4.40. The van der Waals surface area contributed by atoms with Crippen molar-refractivity contribution in [3.63, 3.8) is 0 Å². The lowest BCUT2D eigenvalue weighted by molar-refractivity contribution is -0.176. The van der Waals surface area contributed by atoms with Crippen LogP contribution in [0.1, 0.15) is 16.2 Å². The molecule has 0 saturated heterocycles. The highest BCUT2D eigenvalue weighted by atomic mass is 35.5. The number of halogens is 4. The zero-order valence-electron chi connectivity index (χ0n) is 7.79. The summed E-state index contributed by atoms with van der Waals surface area (Å²) in [5.74, 6) is 0. The molecule has 0 N–H and O–H groups in total. The van der Waals surface area contributed by atoms with E-state index in [1.165, 1.54) is 6.07 Å². The monoisotopic (exact) mass is 254 g/mol. The number of rotatable bonds is 4. The molecule has 0 amide bonds. The molecule has 1 aromatic rings. The van der Waals surface area contributed by atoms with E-state index in [0.29, 0.717) is 6.29 Å². The molecule has 0 saturated carbocycles. The summed E-state index contributed by atoms with van der Waals surface area (Å²) >= 11 is 5.44. The van der Waals surface area contributed by atoms with E-state index >= 15 is 0 Å². The maximum Gasteiger partial charge on any atom is 0.411 e. The molecule has 0 atom stereocenters. The minimum absolute atomic E-state index is 0.00870. The van der Waals surface area contributed by atoms with Gasteiger partial charge in [-0.2, -0.15) is 13.2 Å². The lowest BCUT2D eigenvalue weighted by Gasteiger charge is -2.07. The Morgan fingerprint density at radius 2 is 2.12 bits per heavy atom. The van der Waals surface area contributed by atoms with Crippen LogP contribution in [0.4, 0.5) is 13.2 Å². The molecule has 1 heterocycles. The van der Waals surface area contributed by atoms with Crippen LogP contribution in [-0.2, 0) is 11.3 Å². The smallest absolute Gasteiger partial charge is 0.366 e. The Balaban J connectivity index is 2.60. The van der Waals surface area contributed by atoms with E-state index in [0.717, 1.165) is 0 Å². The second-order valence-electron chi connectivity index (χ2n) is 2.78. The van der Waals surface area contributed by atoms with Crippen molar-refractivity contribution >= 4 is 17.9 Å². The molecule has 4 nitrogen and oxygen atoms in total. The van der Waals surface area contributed by atoms with Crippen LogP contribution >= 0.6 is 11.6 Å². The third-order valence-electron chi connectivity index (χ3n) is 1.41. The van der Waals surface area contributed by atoms with Gasteiger partial charge in [0.1, 0.15) is 12.3 Å². The van der Waals surface area contributed by atoms with Gasteiger partial charge in [0, 0.05) is 0 Å². The van der Waals surface area contributed by atoms with Crippen LogP contribution in [0.25, 0.3) is 0 Å². The molecular weight excluding hydrogens is 249 g/mol. The van der Waals surface area contributed by atoms with Crippen LogP contribution in [-0.4, -0.2) is 29.0 Å². The van der Waals surface area contributed by atoms with E-state index in [2.05, 4.69) is 14.7 Å². The first-order valence-corrected chi connectivity index (χ1v) is 4.41. The quantitative estimate of drug-likeness (QED) is 0.609. The third-order valence-corrected chi connectivity index (χ3v) is 1.58. The number of hydrogen-bond donors (Lipinski definition) is 0. The molecule has 1 aromatic heterocycles. The van der Waals surface area contributed by atoms with Gasteiger partial charge in [0.15, 0.2) is 6.29 Å². The standard InChI is InChI=1S/C8H6ClF3N2O2/c9-7-13-5(2-15)1-6(14-7)3-16-4-8(10,11)12/h1-2H,3-4H2. The molecule has 0 radical (unpaired) electrons. The van der Waals surface area contributed by atoms with Gasteiger partial charge in [-0.25, -0.2) is 9.97 Å². The van der Waals surface area contributed by atoms with Crippen LogP contribution < -0.4 is 0 Å². The molecule has 0 spiro atoms. The minimum Gasteiger partial charge on any atom is -0.366 e. The fourth-order valence-electron chi connectivity index (χ4n) is 0.891. The summed E-state index contributed by atoms with van der Waals surface area (Å²) in [7, 11) is 0. The van der Waals surface area contributed by atoms with Gasteiger partial charge < -0.3 is 4.74 Å². The second kappa shape index (κ2) is 5.22. The lowest BCUT2D eigenvalue weighted by atomic mass is 10.3. The van der Waals surface area contributed by atoms with E-state index in [1.54, 1.807) is 0 Å². The first-order chi connectivity index (χ1) is 7.40. The predicted molar refractivity (Wildman–Crippen MR) is 48.1 cm³/mol. The van der Waals surface area contributed by atoms with Crippen LogP contribution in [0.5, 0.6) is 0 Å².